The fourth-order valence-electron chi connectivity index (χ4n) is 2.30. The number of carbonyl (C=O) groups excluding carboxylic acids is 1. The third-order valence-electron chi connectivity index (χ3n) is 3.29. The van der Waals surface area contributed by atoms with Crippen LogP contribution in [0.15, 0.2) is 40.9 Å². The lowest BCUT2D eigenvalue weighted by molar-refractivity contribution is 0.0595. The molecule has 0 radical (unpaired) electrons. The van der Waals surface area contributed by atoms with Crippen LogP contribution < -0.4 is 0 Å². The maximum absolute atomic E-state index is 11.5. The van der Waals surface area contributed by atoms with E-state index in [-0.39, 0.29) is 5.69 Å². The van der Waals surface area contributed by atoms with Gasteiger partial charge in [-0.05, 0) is 17.5 Å². The molecule has 0 spiro atoms. The van der Waals surface area contributed by atoms with Crippen LogP contribution in [-0.2, 0) is 11.2 Å². The molecule has 0 saturated heterocycles. The SMILES string of the molecule is COC(=O)c1csc(/C(=N/O)C2=CCc3ccccc32)n1. The highest BCUT2D eigenvalue weighted by atomic mass is 32.1. The molecule has 6 heteroatoms. The summed E-state index contributed by atoms with van der Waals surface area (Å²) in [7, 11) is 1.30. The van der Waals surface area contributed by atoms with Crippen molar-refractivity contribution in [1.29, 1.82) is 0 Å². The number of rotatable bonds is 3. The standard InChI is InChI=1S/C15H12N2O3S/c1-20-15(18)12-8-21-14(16-12)13(17-19)11-7-6-9-4-2-3-5-10(9)11/h2-5,7-8,19H,6H2,1H3/b17-13+. The number of methoxy groups -OCH3 is 1. The summed E-state index contributed by atoms with van der Waals surface area (Å²) in [5, 5.41) is 14.8. The van der Waals surface area contributed by atoms with Gasteiger partial charge >= 0.3 is 5.97 Å². The Morgan fingerprint density at radius 2 is 2.24 bits per heavy atom. The summed E-state index contributed by atoms with van der Waals surface area (Å²) >= 11 is 1.24. The van der Waals surface area contributed by atoms with E-state index in [2.05, 4.69) is 14.9 Å². The average molecular weight is 300 g/mol. The van der Waals surface area contributed by atoms with E-state index in [9.17, 15) is 10.0 Å². The molecule has 2 aromatic rings. The quantitative estimate of drug-likeness (QED) is 0.409. The second-order valence-electron chi connectivity index (χ2n) is 4.46. The number of esters is 1. The van der Waals surface area contributed by atoms with Gasteiger partial charge in [0.25, 0.3) is 0 Å². The summed E-state index contributed by atoms with van der Waals surface area (Å²) in [4.78, 5) is 15.6. The first-order chi connectivity index (χ1) is 10.2. The molecular formula is C15H12N2O3S. The third kappa shape index (κ3) is 2.34. The lowest BCUT2D eigenvalue weighted by atomic mass is 10.0. The minimum Gasteiger partial charge on any atom is -0.464 e. The molecule has 1 heterocycles. The van der Waals surface area contributed by atoms with E-state index in [0.29, 0.717) is 10.7 Å². The molecule has 21 heavy (non-hydrogen) atoms. The van der Waals surface area contributed by atoms with Crippen LogP contribution >= 0.6 is 11.3 Å². The Morgan fingerprint density at radius 1 is 1.43 bits per heavy atom. The molecule has 5 nitrogen and oxygen atoms in total. The van der Waals surface area contributed by atoms with Crippen LogP contribution in [0.3, 0.4) is 0 Å². The number of nitrogens with zero attached hydrogens (tertiary/aromatic N) is 2. The van der Waals surface area contributed by atoms with Gasteiger partial charge in [0, 0.05) is 11.0 Å². The van der Waals surface area contributed by atoms with Crippen molar-refractivity contribution in [3.63, 3.8) is 0 Å². The van der Waals surface area contributed by atoms with E-state index in [1.54, 1.807) is 5.38 Å². The van der Waals surface area contributed by atoms with Crippen molar-refractivity contribution in [2.24, 2.45) is 5.16 Å². The molecule has 0 fully saturated rings. The Hall–Kier alpha value is -2.47. The van der Waals surface area contributed by atoms with Gasteiger partial charge in [-0.1, -0.05) is 35.5 Å². The van der Waals surface area contributed by atoms with Crippen molar-refractivity contribution < 1.29 is 14.7 Å². The Bertz CT molecular complexity index is 762. The smallest absolute Gasteiger partial charge is 0.357 e. The molecule has 0 saturated carbocycles. The number of hydrogen-bond acceptors (Lipinski definition) is 6. The van der Waals surface area contributed by atoms with Crippen LogP contribution in [0.25, 0.3) is 5.57 Å². The Balaban J connectivity index is 1.98. The normalized spacial score (nSPS) is 13.8. The maximum Gasteiger partial charge on any atom is 0.357 e. The number of allylic oxidation sites excluding steroid dienone is 2. The zero-order chi connectivity index (χ0) is 14.8. The van der Waals surface area contributed by atoms with E-state index in [1.807, 2.05) is 30.3 Å². The predicted molar refractivity (Wildman–Crippen MR) is 79.9 cm³/mol. The highest BCUT2D eigenvalue weighted by molar-refractivity contribution is 7.12. The number of benzene rings is 1. The highest BCUT2D eigenvalue weighted by Gasteiger charge is 2.23. The van der Waals surface area contributed by atoms with Gasteiger partial charge in [0.05, 0.1) is 7.11 Å². The number of fused-ring (bicyclic) bond motifs is 1. The molecule has 1 aliphatic carbocycles. The van der Waals surface area contributed by atoms with Crippen molar-refractivity contribution in [2.45, 2.75) is 6.42 Å². The molecule has 3 rings (SSSR count). The molecular weight excluding hydrogens is 288 g/mol. The zero-order valence-electron chi connectivity index (χ0n) is 11.2. The molecule has 1 aromatic carbocycles. The van der Waals surface area contributed by atoms with Crippen molar-refractivity contribution >= 4 is 28.6 Å². The largest absolute Gasteiger partial charge is 0.464 e. The molecule has 1 aliphatic rings. The van der Waals surface area contributed by atoms with E-state index in [1.165, 1.54) is 24.0 Å². The van der Waals surface area contributed by atoms with Gasteiger partial charge in [-0.3, -0.25) is 0 Å². The van der Waals surface area contributed by atoms with Gasteiger partial charge in [0.2, 0.25) is 0 Å². The van der Waals surface area contributed by atoms with Crippen LogP contribution in [0, 0.1) is 0 Å². The number of thiazole rings is 1. The first-order valence-electron chi connectivity index (χ1n) is 6.29. The lowest BCUT2D eigenvalue weighted by Gasteiger charge is -2.05. The summed E-state index contributed by atoms with van der Waals surface area (Å²) in [6.45, 7) is 0. The molecule has 0 bridgehead atoms. The lowest BCUT2D eigenvalue weighted by Crippen LogP contribution is -2.06. The number of hydrogen-bond donors (Lipinski definition) is 1. The zero-order valence-corrected chi connectivity index (χ0v) is 12.1. The summed E-state index contributed by atoms with van der Waals surface area (Å²) in [6.07, 6.45) is 2.79. The van der Waals surface area contributed by atoms with Gasteiger partial charge in [0.1, 0.15) is 10.7 Å². The molecule has 0 amide bonds. The van der Waals surface area contributed by atoms with Gasteiger partial charge in [0.15, 0.2) is 5.69 Å². The van der Waals surface area contributed by atoms with Gasteiger partial charge in [-0.15, -0.1) is 11.3 Å². The number of oxime groups is 1. The number of aromatic nitrogens is 1. The summed E-state index contributed by atoms with van der Waals surface area (Å²) in [5.74, 6) is -0.504. The van der Waals surface area contributed by atoms with E-state index < -0.39 is 5.97 Å². The second kappa shape index (κ2) is 5.49. The van der Waals surface area contributed by atoms with Crippen molar-refractivity contribution in [3.8, 4) is 0 Å². The first-order valence-corrected chi connectivity index (χ1v) is 7.17. The minimum absolute atomic E-state index is 0.213. The Morgan fingerprint density at radius 3 is 3.00 bits per heavy atom. The van der Waals surface area contributed by atoms with Crippen molar-refractivity contribution in [3.05, 3.63) is 57.6 Å². The fourth-order valence-corrected chi connectivity index (χ4v) is 3.09. The van der Waals surface area contributed by atoms with Gasteiger partial charge in [-0.25, -0.2) is 9.78 Å². The third-order valence-corrected chi connectivity index (χ3v) is 4.14. The van der Waals surface area contributed by atoms with Crippen molar-refractivity contribution in [2.75, 3.05) is 7.11 Å². The number of carbonyl (C=O) groups is 1. The maximum atomic E-state index is 11.5. The van der Waals surface area contributed by atoms with Crippen LogP contribution in [-0.4, -0.2) is 29.0 Å². The Labute approximate surface area is 125 Å². The van der Waals surface area contributed by atoms with Crippen LogP contribution in [0.5, 0.6) is 0 Å². The summed E-state index contributed by atoms with van der Waals surface area (Å²) in [6, 6.07) is 7.93. The molecule has 0 unspecified atom stereocenters. The van der Waals surface area contributed by atoms with Gasteiger partial charge < -0.3 is 9.94 Å². The van der Waals surface area contributed by atoms with Crippen molar-refractivity contribution in [1.82, 2.24) is 4.98 Å². The van der Waals surface area contributed by atoms with E-state index >= 15 is 0 Å². The average Bonchev–Trinajstić information content (AvgIpc) is 3.15. The van der Waals surface area contributed by atoms with Crippen LogP contribution in [0.2, 0.25) is 0 Å². The van der Waals surface area contributed by atoms with Crippen LogP contribution in [0.4, 0.5) is 0 Å². The summed E-state index contributed by atoms with van der Waals surface area (Å²) in [5.41, 5.74) is 3.63. The summed E-state index contributed by atoms with van der Waals surface area (Å²) < 4.78 is 4.63. The minimum atomic E-state index is -0.504. The molecule has 106 valence electrons. The molecule has 1 N–H and O–H groups in total. The predicted octanol–water partition coefficient (Wildman–Crippen LogP) is 2.75. The van der Waals surface area contributed by atoms with E-state index in [4.69, 9.17) is 0 Å². The second-order valence-corrected chi connectivity index (χ2v) is 5.32. The topological polar surface area (TPSA) is 71.8 Å². The first kappa shape index (κ1) is 13.5. The van der Waals surface area contributed by atoms with Crippen LogP contribution in [0.1, 0.15) is 26.6 Å². The molecule has 0 aliphatic heterocycles. The Kier molecular flexibility index (Phi) is 3.53. The molecule has 1 aromatic heterocycles. The van der Waals surface area contributed by atoms with Gasteiger partial charge in [-0.2, -0.15) is 0 Å². The number of ether oxygens (including phenoxy) is 1. The monoisotopic (exact) mass is 300 g/mol. The highest BCUT2D eigenvalue weighted by Crippen LogP contribution is 2.31. The van der Waals surface area contributed by atoms with E-state index in [0.717, 1.165) is 17.6 Å². The molecule has 0 atom stereocenters. The fraction of sp³-hybridized carbons (Fsp3) is 0.133.